The Morgan fingerprint density at radius 2 is 2.00 bits per heavy atom. The molecular formula is C15H16Cl2N4O. The van der Waals surface area contributed by atoms with Gasteiger partial charge in [0.2, 0.25) is 0 Å². The standard InChI is InChI=1S/C15H16Cl2N4O/c1-3-6-18-15(22)13-8-14(20-9(2)19-13)21-12-5-4-10(16)7-11(12)17/h4-5,7-8H,3,6H2,1-2H3,(H,18,22)(H,19,20,21). The summed E-state index contributed by atoms with van der Waals surface area (Å²) in [5, 5.41) is 6.88. The molecule has 1 aromatic carbocycles. The third-order valence-electron chi connectivity index (χ3n) is 2.80. The summed E-state index contributed by atoms with van der Waals surface area (Å²) >= 11 is 12.0. The lowest BCUT2D eigenvalue weighted by Crippen LogP contribution is -2.25. The van der Waals surface area contributed by atoms with Crippen LogP contribution in [0.25, 0.3) is 0 Å². The highest BCUT2D eigenvalue weighted by atomic mass is 35.5. The number of anilines is 2. The van der Waals surface area contributed by atoms with E-state index in [4.69, 9.17) is 23.2 Å². The first kappa shape index (κ1) is 16.5. The van der Waals surface area contributed by atoms with E-state index in [9.17, 15) is 4.79 Å². The maximum absolute atomic E-state index is 12.0. The summed E-state index contributed by atoms with van der Waals surface area (Å²) in [6, 6.07) is 6.69. The Morgan fingerprint density at radius 1 is 1.23 bits per heavy atom. The maximum atomic E-state index is 12.0. The monoisotopic (exact) mass is 338 g/mol. The fourth-order valence-corrected chi connectivity index (χ4v) is 2.26. The van der Waals surface area contributed by atoms with Gasteiger partial charge in [0.05, 0.1) is 10.7 Å². The summed E-state index contributed by atoms with van der Waals surface area (Å²) in [7, 11) is 0. The van der Waals surface area contributed by atoms with Crippen LogP contribution in [0.2, 0.25) is 10.0 Å². The van der Waals surface area contributed by atoms with E-state index in [1.807, 2.05) is 6.92 Å². The number of nitrogens with one attached hydrogen (secondary N) is 2. The van der Waals surface area contributed by atoms with E-state index >= 15 is 0 Å². The third kappa shape index (κ3) is 4.32. The lowest BCUT2D eigenvalue weighted by atomic mass is 10.3. The van der Waals surface area contributed by atoms with Crippen molar-refractivity contribution in [3.8, 4) is 0 Å². The summed E-state index contributed by atoms with van der Waals surface area (Å²) in [5.41, 5.74) is 0.970. The van der Waals surface area contributed by atoms with Gasteiger partial charge in [0, 0.05) is 17.6 Å². The second-order valence-corrected chi connectivity index (χ2v) is 5.53. The van der Waals surface area contributed by atoms with Gasteiger partial charge in [-0.05, 0) is 31.5 Å². The third-order valence-corrected chi connectivity index (χ3v) is 3.35. The first-order chi connectivity index (χ1) is 10.5. The van der Waals surface area contributed by atoms with Gasteiger partial charge in [-0.3, -0.25) is 4.79 Å². The summed E-state index contributed by atoms with van der Waals surface area (Å²) in [6.07, 6.45) is 0.862. The molecule has 0 unspecified atom stereocenters. The second-order valence-electron chi connectivity index (χ2n) is 4.69. The number of nitrogens with zero attached hydrogens (tertiary/aromatic N) is 2. The second kappa shape index (κ2) is 7.42. The number of amides is 1. The molecule has 0 aliphatic rings. The van der Waals surface area contributed by atoms with Crippen molar-refractivity contribution in [3.63, 3.8) is 0 Å². The van der Waals surface area contributed by atoms with Crippen LogP contribution in [0.1, 0.15) is 29.7 Å². The van der Waals surface area contributed by atoms with Crippen LogP contribution >= 0.6 is 23.2 Å². The normalized spacial score (nSPS) is 10.4. The van der Waals surface area contributed by atoms with Crippen molar-refractivity contribution < 1.29 is 4.79 Å². The molecule has 0 fully saturated rings. The van der Waals surface area contributed by atoms with Gasteiger partial charge in [0.15, 0.2) is 0 Å². The van der Waals surface area contributed by atoms with Gasteiger partial charge in [0.1, 0.15) is 17.3 Å². The predicted octanol–water partition coefficient (Wildman–Crippen LogP) is 3.98. The van der Waals surface area contributed by atoms with Crippen LogP contribution in [0.5, 0.6) is 0 Å². The van der Waals surface area contributed by atoms with Crippen LogP contribution in [-0.2, 0) is 0 Å². The highest BCUT2D eigenvalue weighted by Gasteiger charge is 2.11. The Balaban J connectivity index is 2.24. The van der Waals surface area contributed by atoms with Crippen molar-refractivity contribution in [2.75, 3.05) is 11.9 Å². The molecule has 0 atom stereocenters. The van der Waals surface area contributed by atoms with Crippen LogP contribution in [0.15, 0.2) is 24.3 Å². The molecule has 0 saturated carbocycles. The fourth-order valence-electron chi connectivity index (χ4n) is 1.81. The van der Waals surface area contributed by atoms with Crippen LogP contribution in [0.3, 0.4) is 0 Å². The number of carbonyl (C=O) groups excluding carboxylic acids is 1. The van der Waals surface area contributed by atoms with Gasteiger partial charge in [0.25, 0.3) is 5.91 Å². The molecule has 1 aromatic heterocycles. The molecule has 116 valence electrons. The molecule has 5 nitrogen and oxygen atoms in total. The van der Waals surface area contributed by atoms with Crippen molar-refractivity contribution >= 4 is 40.6 Å². The van der Waals surface area contributed by atoms with Gasteiger partial charge >= 0.3 is 0 Å². The minimum atomic E-state index is -0.224. The minimum absolute atomic E-state index is 0.224. The summed E-state index contributed by atoms with van der Waals surface area (Å²) in [6.45, 7) is 4.32. The van der Waals surface area contributed by atoms with Crippen molar-refractivity contribution in [3.05, 3.63) is 45.8 Å². The van der Waals surface area contributed by atoms with Crippen molar-refractivity contribution in [2.45, 2.75) is 20.3 Å². The lowest BCUT2D eigenvalue weighted by molar-refractivity contribution is 0.0948. The van der Waals surface area contributed by atoms with E-state index in [-0.39, 0.29) is 5.91 Å². The number of benzene rings is 1. The Bertz CT molecular complexity index is 691. The van der Waals surface area contributed by atoms with E-state index in [0.29, 0.717) is 39.6 Å². The van der Waals surface area contributed by atoms with Crippen LogP contribution in [0, 0.1) is 6.92 Å². The molecule has 2 rings (SSSR count). The van der Waals surface area contributed by atoms with Crippen LogP contribution < -0.4 is 10.6 Å². The van der Waals surface area contributed by atoms with Gasteiger partial charge in [-0.15, -0.1) is 0 Å². The van der Waals surface area contributed by atoms with Gasteiger partial charge in [-0.1, -0.05) is 30.1 Å². The molecule has 0 bridgehead atoms. The molecule has 0 aliphatic heterocycles. The van der Waals surface area contributed by atoms with Crippen molar-refractivity contribution in [2.24, 2.45) is 0 Å². The molecule has 7 heteroatoms. The lowest BCUT2D eigenvalue weighted by Gasteiger charge is -2.10. The summed E-state index contributed by atoms with van der Waals surface area (Å²) in [4.78, 5) is 20.4. The Labute approximate surface area is 139 Å². The molecule has 0 aliphatic carbocycles. The van der Waals surface area contributed by atoms with Crippen LogP contribution in [-0.4, -0.2) is 22.4 Å². The quantitative estimate of drug-likeness (QED) is 0.865. The number of hydrogen-bond donors (Lipinski definition) is 2. The van der Waals surface area contributed by atoms with Gasteiger partial charge < -0.3 is 10.6 Å². The zero-order valence-electron chi connectivity index (χ0n) is 12.3. The number of aryl methyl sites for hydroxylation is 1. The molecule has 1 heterocycles. The van der Waals surface area contributed by atoms with E-state index in [1.54, 1.807) is 31.2 Å². The molecule has 2 N–H and O–H groups in total. The van der Waals surface area contributed by atoms with Gasteiger partial charge in [-0.25, -0.2) is 9.97 Å². The number of rotatable bonds is 5. The first-order valence-corrected chi connectivity index (χ1v) is 7.61. The molecule has 22 heavy (non-hydrogen) atoms. The smallest absolute Gasteiger partial charge is 0.270 e. The number of hydrogen-bond acceptors (Lipinski definition) is 4. The zero-order valence-corrected chi connectivity index (χ0v) is 13.8. The highest BCUT2D eigenvalue weighted by Crippen LogP contribution is 2.27. The minimum Gasteiger partial charge on any atom is -0.351 e. The average Bonchev–Trinajstić information content (AvgIpc) is 2.47. The SMILES string of the molecule is CCCNC(=O)c1cc(Nc2ccc(Cl)cc2Cl)nc(C)n1. The molecular weight excluding hydrogens is 323 g/mol. The van der Waals surface area contributed by atoms with Crippen LogP contribution in [0.4, 0.5) is 11.5 Å². The number of carbonyl (C=O) groups is 1. The Kier molecular flexibility index (Phi) is 5.57. The van der Waals surface area contributed by atoms with Gasteiger partial charge in [-0.2, -0.15) is 0 Å². The van der Waals surface area contributed by atoms with E-state index in [1.165, 1.54) is 0 Å². The number of halogens is 2. The topological polar surface area (TPSA) is 66.9 Å². The van der Waals surface area contributed by atoms with Crippen molar-refractivity contribution in [1.29, 1.82) is 0 Å². The number of aromatic nitrogens is 2. The van der Waals surface area contributed by atoms with E-state index < -0.39 is 0 Å². The summed E-state index contributed by atoms with van der Waals surface area (Å²) in [5.74, 6) is 0.771. The van der Waals surface area contributed by atoms with E-state index in [0.717, 1.165) is 6.42 Å². The summed E-state index contributed by atoms with van der Waals surface area (Å²) < 4.78 is 0. The van der Waals surface area contributed by atoms with Crippen molar-refractivity contribution in [1.82, 2.24) is 15.3 Å². The molecule has 1 amide bonds. The molecule has 2 aromatic rings. The molecule has 0 spiro atoms. The fraction of sp³-hybridized carbons (Fsp3) is 0.267. The zero-order chi connectivity index (χ0) is 16.1. The first-order valence-electron chi connectivity index (χ1n) is 6.85. The Hall–Kier alpha value is -1.85. The largest absolute Gasteiger partial charge is 0.351 e. The maximum Gasteiger partial charge on any atom is 0.270 e. The predicted molar refractivity (Wildman–Crippen MR) is 89.1 cm³/mol. The molecule has 0 saturated heterocycles. The average molecular weight is 339 g/mol. The molecule has 0 radical (unpaired) electrons. The van der Waals surface area contributed by atoms with E-state index in [2.05, 4.69) is 20.6 Å². The Morgan fingerprint density at radius 3 is 2.68 bits per heavy atom. The highest BCUT2D eigenvalue weighted by molar-refractivity contribution is 6.36.